The van der Waals surface area contributed by atoms with E-state index in [9.17, 15) is 9.59 Å². The molecule has 0 saturated heterocycles. The van der Waals surface area contributed by atoms with Crippen molar-refractivity contribution in [3.8, 4) is 0 Å². The third-order valence-corrected chi connectivity index (χ3v) is 3.80. The molecule has 1 aromatic heterocycles. The highest BCUT2D eigenvalue weighted by Crippen LogP contribution is 2.16. The van der Waals surface area contributed by atoms with Gasteiger partial charge in [-0.25, -0.2) is 4.68 Å². The number of amides is 1. The van der Waals surface area contributed by atoms with Crippen LogP contribution in [0.2, 0.25) is 0 Å². The smallest absolute Gasteiger partial charge is 0.271 e. The number of nitrogens with one attached hydrogen (secondary N) is 1. The number of rotatable bonds is 7. The van der Waals surface area contributed by atoms with Crippen LogP contribution in [0.15, 0.2) is 47.3 Å². The summed E-state index contributed by atoms with van der Waals surface area (Å²) in [5, 5.41) is 7.05. The molecule has 0 aliphatic rings. The molecule has 2 aromatic rings. The van der Waals surface area contributed by atoms with Crippen molar-refractivity contribution < 1.29 is 4.79 Å². The monoisotopic (exact) mass is 328 g/mol. The summed E-state index contributed by atoms with van der Waals surface area (Å²) >= 11 is 0. The van der Waals surface area contributed by atoms with E-state index in [1.165, 1.54) is 16.8 Å². The van der Waals surface area contributed by atoms with Crippen molar-refractivity contribution in [3.63, 3.8) is 0 Å². The maximum atomic E-state index is 12.4. The summed E-state index contributed by atoms with van der Waals surface area (Å²) < 4.78 is 1.33. The molecular formula is C18H24N4O2. The van der Waals surface area contributed by atoms with Gasteiger partial charge in [0.25, 0.3) is 11.5 Å². The molecule has 0 aliphatic heterocycles. The second-order valence-corrected chi connectivity index (χ2v) is 5.88. The van der Waals surface area contributed by atoms with Crippen LogP contribution in [0.4, 0.5) is 0 Å². The predicted octanol–water partition coefficient (Wildman–Crippen LogP) is 1.69. The summed E-state index contributed by atoms with van der Waals surface area (Å²) in [5.41, 5.74) is 1.20. The van der Waals surface area contributed by atoms with Crippen LogP contribution in [0.1, 0.15) is 35.4 Å². The molecule has 0 unspecified atom stereocenters. The van der Waals surface area contributed by atoms with Crippen LogP contribution in [0.25, 0.3) is 0 Å². The van der Waals surface area contributed by atoms with E-state index in [1.54, 1.807) is 0 Å². The van der Waals surface area contributed by atoms with Crippen LogP contribution >= 0.6 is 0 Å². The summed E-state index contributed by atoms with van der Waals surface area (Å²) in [6, 6.07) is 12.9. The minimum Gasteiger partial charge on any atom is -0.349 e. The topological polar surface area (TPSA) is 67.2 Å². The predicted molar refractivity (Wildman–Crippen MR) is 94.0 cm³/mol. The number of hydrogen-bond donors (Lipinski definition) is 1. The zero-order valence-corrected chi connectivity index (χ0v) is 14.4. The highest BCUT2D eigenvalue weighted by Gasteiger charge is 2.16. The maximum Gasteiger partial charge on any atom is 0.271 e. The normalized spacial score (nSPS) is 12.2. The Morgan fingerprint density at radius 1 is 1.21 bits per heavy atom. The van der Waals surface area contributed by atoms with Gasteiger partial charge in [0.15, 0.2) is 0 Å². The van der Waals surface area contributed by atoms with Gasteiger partial charge < -0.3 is 10.2 Å². The van der Waals surface area contributed by atoms with E-state index in [0.29, 0.717) is 13.1 Å². The summed E-state index contributed by atoms with van der Waals surface area (Å²) in [6.45, 7) is 2.93. The molecule has 24 heavy (non-hydrogen) atoms. The SMILES string of the molecule is CCCn1nc(C(=O)NC[C@@H](c2ccccc2)N(C)C)ccc1=O. The van der Waals surface area contributed by atoms with E-state index in [4.69, 9.17) is 0 Å². The van der Waals surface area contributed by atoms with Crippen molar-refractivity contribution in [1.82, 2.24) is 20.0 Å². The van der Waals surface area contributed by atoms with Crippen molar-refractivity contribution in [2.24, 2.45) is 0 Å². The second kappa shape index (κ2) is 8.40. The van der Waals surface area contributed by atoms with Crippen molar-refractivity contribution in [3.05, 3.63) is 64.1 Å². The fourth-order valence-corrected chi connectivity index (χ4v) is 2.50. The van der Waals surface area contributed by atoms with Gasteiger partial charge in [-0.05, 0) is 32.1 Å². The highest BCUT2D eigenvalue weighted by atomic mass is 16.2. The number of benzene rings is 1. The molecule has 1 aromatic carbocycles. The Bertz CT molecular complexity index is 725. The molecule has 1 N–H and O–H groups in total. The van der Waals surface area contributed by atoms with Crippen molar-refractivity contribution >= 4 is 5.91 Å². The van der Waals surface area contributed by atoms with Gasteiger partial charge in [-0.1, -0.05) is 37.3 Å². The summed E-state index contributed by atoms with van der Waals surface area (Å²) in [6.07, 6.45) is 0.786. The third-order valence-electron chi connectivity index (χ3n) is 3.80. The van der Waals surface area contributed by atoms with Gasteiger partial charge in [-0.3, -0.25) is 9.59 Å². The zero-order chi connectivity index (χ0) is 17.5. The van der Waals surface area contributed by atoms with Crippen LogP contribution in [-0.4, -0.2) is 41.2 Å². The van der Waals surface area contributed by atoms with Gasteiger partial charge in [0.2, 0.25) is 0 Å². The fourth-order valence-electron chi connectivity index (χ4n) is 2.50. The quantitative estimate of drug-likeness (QED) is 0.840. The Kier molecular flexibility index (Phi) is 6.26. The van der Waals surface area contributed by atoms with Gasteiger partial charge in [0.1, 0.15) is 5.69 Å². The molecular weight excluding hydrogens is 304 g/mol. The molecule has 6 nitrogen and oxygen atoms in total. The molecule has 0 spiro atoms. The number of hydrogen-bond acceptors (Lipinski definition) is 4. The number of nitrogens with zero attached hydrogens (tertiary/aromatic N) is 3. The first-order chi connectivity index (χ1) is 11.5. The van der Waals surface area contributed by atoms with E-state index < -0.39 is 0 Å². The number of aryl methyl sites for hydroxylation is 1. The van der Waals surface area contributed by atoms with Gasteiger partial charge in [0, 0.05) is 19.2 Å². The van der Waals surface area contributed by atoms with Gasteiger partial charge in [-0.2, -0.15) is 5.10 Å². The number of carbonyl (C=O) groups is 1. The summed E-state index contributed by atoms with van der Waals surface area (Å²) in [4.78, 5) is 26.1. The van der Waals surface area contributed by atoms with Crippen molar-refractivity contribution in [2.75, 3.05) is 20.6 Å². The molecule has 128 valence electrons. The van der Waals surface area contributed by atoms with Crippen LogP contribution in [0.5, 0.6) is 0 Å². The molecule has 0 saturated carbocycles. The largest absolute Gasteiger partial charge is 0.349 e. The average Bonchev–Trinajstić information content (AvgIpc) is 2.57. The Balaban J connectivity index is 2.09. The molecule has 6 heteroatoms. The molecule has 1 amide bonds. The first kappa shape index (κ1) is 17.9. The van der Waals surface area contributed by atoms with E-state index >= 15 is 0 Å². The van der Waals surface area contributed by atoms with E-state index in [2.05, 4.69) is 15.3 Å². The Hall–Kier alpha value is -2.47. The van der Waals surface area contributed by atoms with Crippen LogP contribution in [0, 0.1) is 0 Å². The molecule has 0 fully saturated rings. The second-order valence-electron chi connectivity index (χ2n) is 5.88. The minimum absolute atomic E-state index is 0.0664. The van der Waals surface area contributed by atoms with Crippen LogP contribution in [0.3, 0.4) is 0 Å². The van der Waals surface area contributed by atoms with E-state index in [0.717, 1.165) is 12.0 Å². The van der Waals surface area contributed by atoms with E-state index in [-0.39, 0.29) is 23.2 Å². The average molecular weight is 328 g/mol. The third kappa shape index (κ3) is 4.52. The molecule has 1 atom stereocenters. The number of carbonyl (C=O) groups excluding carboxylic acids is 1. The van der Waals surface area contributed by atoms with Crippen LogP contribution < -0.4 is 10.9 Å². The van der Waals surface area contributed by atoms with Gasteiger partial charge in [0.05, 0.1) is 6.04 Å². The standard InChI is InChI=1S/C18H24N4O2/c1-4-12-22-17(23)11-10-15(20-22)18(24)19-13-16(21(2)3)14-8-6-5-7-9-14/h5-11,16H,4,12-13H2,1-3H3,(H,19,24)/t16-/m0/s1. The van der Waals surface area contributed by atoms with Crippen LogP contribution in [-0.2, 0) is 6.54 Å². The first-order valence-electron chi connectivity index (χ1n) is 8.10. The summed E-state index contributed by atoms with van der Waals surface area (Å²) in [7, 11) is 3.95. The van der Waals surface area contributed by atoms with Crippen molar-refractivity contribution in [2.45, 2.75) is 25.9 Å². The van der Waals surface area contributed by atoms with Gasteiger partial charge in [-0.15, -0.1) is 0 Å². The molecule has 1 heterocycles. The molecule has 0 radical (unpaired) electrons. The lowest BCUT2D eigenvalue weighted by atomic mass is 10.1. The highest BCUT2D eigenvalue weighted by molar-refractivity contribution is 5.92. The zero-order valence-electron chi connectivity index (χ0n) is 14.4. The molecule has 2 rings (SSSR count). The molecule has 0 bridgehead atoms. The lowest BCUT2D eigenvalue weighted by Crippen LogP contribution is -2.36. The van der Waals surface area contributed by atoms with E-state index in [1.807, 2.05) is 51.4 Å². The first-order valence-corrected chi connectivity index (χ1v) is 8.10. The Morgan fingerprint density at radius 3 is 2.54 bits per heavy atom. The van der Waals surface area contributed by atoms with Crippen molar-refractivity contribution in [1.29, 1.82) is 0 Å². The Morgan fingerprint density at radius 2 is 1.92 bits per heavy atom. The Labute approximate surface area is 142 Å². The molecule has 0 aliphatic carbocycles. The lowest BCUT2D eigenvalue weighted by Gasteiger charge is -2.25. The van der Waals surface area contributed by atoms with Gasteiger partial charge >= 0.3 is 0 Å². The summed E-state index contributed by atoms with van der Waals surface area (Å²) in [5.74, 6) is -0.275. The number of aromatic nitrogens is 2. The minimum atomic E-state index is -0.275. The maximum absolute atomic E-state index is 12.4. The number of likely N-dealkylation sites (N-methyl/N-ethyl adjacent to an activating group) is 1. The fraction of sp³-hybridized carbons (Fsp3) is 0.389. The lowest BCUT2D eigenvalue weighted by molar-refractivity contribution is 0.0934.